The Morgan fingerprint density at radius 2 is 0.735 bits per heavy atom. The lowest BCUT2D eigenvalue weighted by Crippen LogP contribution is -2.49. The van der Waals surface area contributed by atoms with E-state index >= 15 is 0 Å². The summed E-state index contributed by atoms with van der Waals surface area (Å²) in [4.78, 5) is 125. The van der Waals surface area contributed by atoms with Crippen molar-refractivity contribution in [3.63, 3.8) is 0 Å². The lowest BCUT2D eigenvalue weighted by atomic mass is 9.74. The van der Waals surface area contributed by atoms with Gasteiger partial charge in [-0.2, -0.15) is 10.5 Å². The number of amides is 2. The van der Waals surface area contributed by atoms with Crippen molar-refractivity contribution < 1.29 is 106 Å². The molecule has 4 aromatic carbocycles. The predicted molar refractivity (Wildman–Crippen MR) is 356 cm³/mol. The van der Waals surface area contributed by atoms with Crippen molar-refractivity contribution in [2.45, 2.75) is 115 Å². The summed E-state index contributed by atoms with van der Waals surface area (Å²) in [6.07, 6.45) is -0.637. The van der Waals surface area contributed by atoms with Gasteiger partial charge in [0.15, 0.2) is 46.0 Å². The Labute approximate surface area is 588 Å². The highest BCUT2D eigenvalue weighted by Crippen LogP contribution is 2.42. The lowest BCUT2D eigenvalue weighted by Gasteiger charge is -2.30. The highest BCUT2D eigenvalue weighted by Gasteiger charge is 2.40. The van der Waals surface area contributed by atoms with Crippen molar-refractivity contribution >= 4 is 23.8 Å². The van der Waals surface area contributed by atoms with Crippen LogP contribution in [0.4, 0.5) is 0 Å². The van der Waals surface area contributed by atoms with E-state index in [4.69, 9.17) is 47.4 Å². The minimum atomic E-state index is -2.62. The van der Waals surface area contributed by atoms with Gasteiger partial charge in [0, 0.05) is 38.3 Å². The van der Waals surface area contributed by atoms with Crippen LogP contribution in [0.5, 0.6) is 46.0 Å². The molecular formula is C66H88N10O26. The molecule has 36 heteroatoms. The minimum absolute atomic E-state index is 0.0947. The molecule has 0 spiro atoms. The van der Waals surface area contributed by atoms with Gasteiger partial charge in [0.25, 0.3) is 20.3 Å². The molecule has 6 unspecified atom stereocenters. The molecule has 4 rings (SSSR count). The van der Waals surface area contributed by atoms with E-state index in [2.05, 4.69) is 31.5 Å². The second-order valence-electron chi connectivity index (χ2n) is 23.0. The van der Waals surface area contributed by atoms with Crippen LogP contribution in [0.3, 0.4) is 0 Å². The van der Waals surface area contributed by atoms with E-state index in [1.165, 1.54) is 66.9 Å². The Bertz CT molecular complexity index is 3290. The van der Waals surface area contributed by atoms with Crippen LogP contribution < -0.4 is 37.9 Å². The molecule has 2 amide bonds. The van der Waals surface area contributed by atoms with Crippen LogP contribution >= 0.6 is 0 Å². The van der Waals surface area contributed by atoms with E-state index in [1.807, 2.05) is 63.7 Å². The molecular weight excluding hydrogens is 1350 g/mol. The van der Waals surface area contributed by atoms with E-state index in [-0.39, 0.29) is 35.1 Å². The zero-order valence-electron chi connectivity index (χ0n) is 59.1. The van der Waals surface area contributed by atoms with Crippen molar-refractivity contribution in [1.29, 1.82) is 10.5 Å². The van der Waals surface area contributed by atoms with Gasteiger partial charge in [0.2, 0.25) is 0 Å². The molecule has 0 heterocycles. The fraction of sp³-hybridized carbons (Fsp3) is 0.545. The molecule has 0 saturated heterocycles. The molecule has 0 fully saturated rings. The number of carbonyl (C=O) groups excluding carboxylic acids is 4. The molecule has 102 heavy (non-hydrogen) atoms. The SMILES string of the molecule is CCCC(C#N)(CCCN(C)C(C)c1ccc(OC(OC(=O)C(=O)OC(Oc2ccc(C(C)N(C)CCCC(C#N)(CCC)c3ccc(OC)c(OC)c3)cc2OC)C(=O)N(CCO[N+](=O)[O-])CCO[N+](=O)[O-])C(=O)N(CCO[N+](=O)[O-])CCO[N+](=O)[O-])c(OC)c1)c1ccc(OC)c(OC)c1. The Morgan fingerprint density at radius 1 is 0.441 bits per heavy atom. The van der Waals surface area contributed by atoms with Crippen molar-refractivity contribution in [2.24, 2.45) is 0 Å². The van der Waals surface area contributed by atoms with Gasteiger partial charge in [-0.1, -0.05) is 51.0 Å². The minimum Gasteiger partial charge on any atom is -0.493 e. The Hall–Kier alpha value is -11.1. The third-order valence-electron chi connectivity index (χ3n) is 16.9. The molecule has 0 radical (unpaired) electrons. The van der Waals surface area contributed by atoms with Crippen LogP contribution in [0.1, 0.15) is 113 Å². The number of esters is 2. The molecule has 36 nitrogen and oxygen atoms in total. The van der Waals surface area contributed by atoms with Crippen LogP contribution in [0.25, 0.3) is 0 Å². The number of benzene rings is 4. The van der Waals surface area contributed by atoms with Gasteiger partial charge in [-0.15, -0.1) is 40.5 Å². The third-order valence-corrected chi connectivity index (χ3v) is 16.9. The Balaban J connectivity index is 1.72. The van der Waals surface area contributed by atoms with E-state index in [1.54, 1.807) is 36.4 Å². The number of carbonyl (C=O) groups is 4. The second-order valence-corrected chi connectivity index (χ2v) is 23.0. The maximum atomic E-state index is 14.6. The molecule has 0 aliphatic rings. The van der Waals surface area contributed by atoms with Crippen LogP contribution in [-0.4, -0.2) is 199 Å². The first-order valence-electron chi connectivity index (χ1n) is 32.1. The highest BCUT2D eigenvalue weighted by molar-refractivity contribution is 6.30. The summed E-state index contributed by atoms with van der Waals surface area (Å²) in [6, 6.07) is 24.0. The summed E-state index contributed by atoms with van der Waals surface area (Å²) in [5.41, 5.74) is 1.03. The van der Waals surface area contributed by atoms with Crippen molar-refractivity contribution in [1.82, 2.24) is 19.6 Å². The third kappa shape index (κ3) is 24.1. The molecule has 6 atom stereocenters. The molecule has 0 aliphatic heterocycles. The normalized spacial score (nSPS) is 13.3. The van der Waals surface area contributed by atoms with Crippen LogP contribution in [0, 0.1) is 63.1 Å². The smallest absolute Gasteiger partial charge is 0.421 e. The van der Waals surface area contributed by atoms with E-state index < -0.39 is 120 Å². The summed E-state index contributed by atoms with van der Waals surface area (Å²) in [7, 11) is 12.2. The first-order valence-corrected chi connectivity index (χ1v) is 32.1. The maximum absolute atomic E-state index is 14.6. The van der Waals surface area contributed by atoms with Crippen molar-refractivity contribution in [3.05, 3.63) is 136 Å². The fourth-order valence-electron chi connectivity index (χ4n) is 11.2. The summed E-state index contributed by atoms with van der Waals surface area (Å²) >= 11 is 0. The van der Waals surface area contributed by atoms with Crippen LogP contribution in [-0.2, 0) is 58.8 Å². The van der Waals surface area contributed by atoms with Crippen LogP contribution in [0.2, 0.25) is 0 Å². The van der Waals surface area contributed by atoms with Crippen molar-refractivity contribution in [2.75, 3.05) is 122 Å². The topological polar surface area (TPSA) is 431 Å². The number of nitrogens with zero attached hydrogens (tertiary/aromatic N) is 10. The number of methoxy groups -OCH3 is 6. The summed E-state index contributed by atoms with van der Waals surface area (Å²) < 4.78 is 56.0. The number of ether oxygens (including phenoxy) is 10. The van der Waals surface area contributed by atoms with Gasteiger partial charge in [-0.25, -0.2) is 9.59 Å². The number of nitriles is 2. The Morgan fingerprint density at radius 3 is 1.01 bits per heavy atom. The molecule has 0 bridgehead atoms. The summed E-state index contributed by atoms with van der Waals surface area (Å²) in [5.74, 6) is -5.93. The van der Waals surface area contributed by atoms with Gasteiger partial charge < -0.3 is 76.5 Å². The first-order chi connectivity index (χ1) is 48.7. The van der Waals surface area contributed by atoms with Crippen molar-refractivity contribution in [3.8, 4) is 58.1 Å². The molecule has 4 aromatic rings. The maximum Gasteiger partial charge on any atom is 0.421 e. The molecule has 0 aliphatic carbocycles. The second kappa shape index (κ2) is 41.4. The fourth-order valence-corrected chi connectivity index (χ4v) is 11.2. The largest absolute Gasteiger partial charge is 0.493 e. The van der Waals surface area contributed by atoms with Crippen LogP contribution in [0.15, 0.2) is 72.8 Å². The van der Waals surface area contributed by atoms with Gasteiger partial charge in [0.05, 0.1) is 65.6 Å². The molecule has 558 valence electrons. The van der Waals surface area contributed by atoms with E-state index in [9.17, 15) is 70.2 Å². The predicted octanol–water partition coefficient (Wildman–Crippen LogP) is 7.49. The van der Waals surface area contributed by atoms with Gasteiger partial charge in [-0.3, -0.25) is 19.4 Å². The first kappa shape index (κ1) is 83.3. The number of rotatable bonds is 48. The molecule has 0 aromatic heterocycles. The number of hydrogen-bond acceptors (Lipinski definition) is 30. The average molecular weight is 1440 g/mol. The average Bonchev–Trinajstić information content (AvgIpc) is 0.806. The number of hydrogen-bond donors (Lipinski definition) is 0. The highest BCUT2D eigenvalue weighted by atomic mass is 17.0. The lowest BCUT2D eigenvalue weighted by molar-refractivity contribution is -0.758. The molecule has 0 saturated carbocycles. The van der Waals surface area contributed by atoms with Gasteiger partial charge in [0.1, 0.15) is 26.4 Å². The summed E-state index contributed by atoms with van der Waals surface area (Å²) in [6.45, 7) is 2.26. The van der Waals surface area contributed by atoms with Gasteiger partial charge >= 0.3 is 36.3 Å². The standard InChI is InChI=1S/C66H88N10O26/c1-13-25-65(43-67,49-19-23-51(89-7)57(41-49)93-11)27-15-29-69(5)45(3)47-17-21-53(55(39-47)91-9)99-63(59(77)71(31-35-95-73(81)82)32-36-96-74(83)84)101-61(79)62(80)102-64(60(78)72(33-37-97-75(85)86)34-38-98-76(87)88)100-54-22-18-48(40-56(54)92-10)46(4)70(6)30-16-28-66(44-68,26-14-2)50-20-24-52(90-8)58(42-50)94-12/h17-24,39-42,45-46,63-64H,13-16,25-38H2,1-12H3. The van der Waals surface area contributed by atoms with E-state index in [0.717, 1.165) is 11.1 Å². The zero-order chi connectivity index (χ0) is 75.7. The monoisotopic (exact) mass is 1440 g/mol. The van der Waals surface area contributed by atoms with E-state index in [0.29, 0.717) is 108 Å². The molecule has 0 N–H and O–H groups in total. The Kier molecular flexibility index (Phi) is 33.8. The quantitative estimate of drug-likeness (QED) is 0.0136. The van der Waals surface area contributed by atoms with Gasteiger partial charge in [-0.05, 0) is 150 Å². The zero-order valence-corrected chi connectivity index (χ0v) is 59.1. The summed E-state index contributed by atoms with van der Waals surface area (Å²) in [5, 5.41) is 61.4.